The van der Waals surface area contributed by atoms with Gasteiger partial charge in [0.25, 0.3) is 0 Å². The van der Waals surface area contributed by atoms with E-state index in [1.807, 2.05) is 0 Å². The van der Waals surface area contributed by atoms with Gasteiger partial charge in [-0.1, -0.05) is 6.07 Å². The molecule has 5 nitrogen and oxygen atoms in total. The first-order valence-corrected chi connectivity index (χ1v) is 7.12. The topological polar surface area (TPSA) is 66.8 Å². The molecule has 0 saturated heterocycles. The highest BCUT2D eigenvalue weighted by Crippen LogP contribution is 2.20. The molecule has 0 amide bonds. The first-order valence-electron chi connectivity index (χ1n) is 5.68. The number of aliphatic hydroxyl groups excluding tert-OH is 1. The van der Waals surface area contributed by atoms with Crippen LogP contribution < -0.4 is 0 Å². The summed E-state index contributed by atoms with van der Waals surface area (Å²) in [5.74, 6) is -0.616. The molecule has 108 valence electrons. The van der Waals surface area contributed by atoms with Crippen molar-refractivity contribution in [1.82, 2.24) is 4.31 Å². The summed E-state index contributed by atoms with van der Waals surface area (Å²) < 4.78 is 43.4. The van der Waals surface area contributed by atoms with Gasteiger partial charge in [0.1, 0.15) is 5.82 Å². The Hall–Kier alpha value is -1.02. The molecule has 19 heavy (non-hydrogen) atoms. The molecule has 1 rings (SSSR count). The van der Waals surface area contributed by atoms with E-state index < -0.39 is 21.9 Å². The van der Waals surface area contributed by atoms with Crippen LogP contribution in [0.3, 0.4) is 0 Å². The number of sulfonamides is 1. The molecule has 7 heteroatoms. The van der Waals surface area contributed by atoms with Gasteiger partial charge in [-0.3, -0.25) is 0 Å². The molecule has 1 aromatic carbocycles. The Morgan fingerprint density at radius 1 is 1.47 bits per heavy atom. The van der Waals surface area contributed by atoms with Crippen LogP contribution >= 0.6 is 0 Å². The Morgan fingerprint density at radius 2 is 2.11 bits per heavy atom. The van der Waals surface area contributed by atoms with Gasteiger partial charge < -0.3 is 9.84 Å². The van der Waals surface area contributed by atoms with Crippen molar-refractivity contribution in [2.75, 3.05) is 27.3 Å². The zero-order valence-electron chi connectivity index (χ0n) is 11.1. The van der Waals surface area contributed by atoms with Gasteiger partial charge in [0.15, 0.2) is 0 Å². The van der Waals surface area contributed by atoms with Crippen LogP contribution in [0.5, 0.6) is 0 Å². The van der Waals surface area contributed by atoms with Crippen LogP contribution in [-0.4, -0.2) is 51.2 Å². The monoisotopic (exact) mass is 291 g/mol. The third kappa shape index (κ3) is 3.97. The second kappa shape index (κ2) is 6.42. The Morgan fingerprint density at radius 3 is 2.68 bits per heavy atom. The van der Waals surface area contributed by atoms with E-state index in [0.717, 1.165) is 10.4 Å². The number of aryl methyl sites for hydroxylation is 1. The van der Waals surface area contributed by atoms with Gasteiger partial charge in [0.05, 0.1) is 17.6 Å². The summed E-state index contributed by atoms with van der Waals surface area (Å²) in [4.78, 5) is -0.0976. The highest BCUT2D eigenvalue weighted by Gasteiger charge is 2.25. The molecule has 0 aliphatic rings. The van der Waals surface area contributed by atoms with Crippen molar-refractivity contribution in [3.8, 4) is 0 Å². The second-order valence-corrected chi connectivity index (χ2v) is 6.32. The average Bonchev–Trinajstić information content (AvgIpc) is 2.32. The Balaban J connectivity index is 3.00. The van der Waals surface area contributed by atoms with Crippen LogP contribution in [0.1, 0.15) is 5.56 Å². The van der Waals surface area contributed by atoms with E-state index in [-0.39, 0.29) is 18.0 Å². The highest BCUT2D eigenvalue weighted by molar-refractivity contribution is 7.89. The molecule has 0 radical (unpaired) electrons. The van der Waals surface area contributed by atoms with E-state index in [4.69, 9.17) is 4.74 Å². The molecule has 0 heterocycles. The number of likely N-dealkylation sites (N-methyl/N-ethyl adjacent to an activating group) is 1. The third-order valence-corrected chi connectivity index (χ3v) is 4.63. The first-order chi connectivity index (χ1) is 8.78. The minimum Gasteiger partial charge on any atom is -0.389 e. The average molecular weight is 291 g/mol. The maximum atomic E-state index is 13.2. The second-order valence-electron chi connectivity index (χ2n) is 4.30. The minimum atomic E-state index is -3.83. The SMILES string of the molecule is COCC(O)CN(C)S(=O)(=O)c1cc(F)ccc1C. The lowest BCUT2D eigenvalue weighted by molar-refractivity contribution is 0.0554. The van der Waals surface area contributed by atoms with E-state index in [2.05, 4.69) is 0 Å². The molecule has 0 aliphatic carbocycles. The fourth-order valence-electron chi connectivity index (χ4n) is 1.66. The van der Waals surface area contributed by atoms with Gasteiger partial charge in [-0.2, -0.15) is 4.31 Å². The third-order valence-electron chi connectivity index (χ3n) is 2.67. The van der Waals surface area contributed by atoms with Crippen LogP contribution in [0.15, 0.2) is 23.1 Å². The van der Waals surface area contributed by atoms with Crippen molar-refractivity contribution < 1.29 is 22.7 Å². The normalized spacial score (nSPS) is 13.8. The quantitative estimate of drug-likeness (QED) is 0.840. The Labute approximate surface area is 112 Å². The molecule has 0 aromatic heterocycles. The van der Waals surface area contributed by atoms with E-state index in [1.54, 1.807) is 6.92 Å². The fraction of sp³-hybridized carbons (Fsp3) is 0.500. The molecule has 0 fully saturated rings. The summed E-state index contributed by atoms with van der Waals surface area (Å²) in [6, 6.07) is 3.58. The van der Waals surface area contributed by atoms with Gasteiger partial charge in [-0.25, -0.2) is 12.8 Å². The predicted molar refractivity (Wildman–Crippen MR) is 68.8 cm³/mol. The number of rotatable bonds is 6. The van der Waals surface area contributed by atoms with Crippen molar-refractivity contribution in [3.63, 3.8) is 0 Å². The summed E-state index contributed by atoms with van der Waals surface area (Å²) >= 11 is 0. The molecular weight excluding hydrogens is 273 g/mol. The summed E-state index contributed by atoms with van der Waals surface area (Å²) in [5, 5.41) is 9.55. The lowest BCUT2D eigenvalue weighted by Crippen LogP contribution is -2.36. The zero-order chi connectivity index (χ0) is 14.6. The molecule has 0 bridgehead atoms. The minimum absolute atomic E-state index is 0.0298. The van der Waals surface area contributed by atoms with E-state index in [1.165, 1.54) is 26.3 Å². The molecule has 0 saturated carbocycles. The van der Waals surface area contributed by atoms with Crippen molar-refractivity contribution in [2.24, 2.45) is 0 Å². The van der Waals surface area contributed by atoms with Gasteiger partial charge >= 0.3 is 0 Å². The molecule has 1 atom stereocenters. The van der Waals surface area contributed by atoms with Crippen LogP contribution in [0.2, 0.25) is 0 Å². The maximum Gasteiger partial charge on any atom is 0.243 e. The van der Waals surface area contributed by atoms with Crippen LogP contribution in [0.4, 0.5) is 4.39 Å². The number of benzene rings is 1. The number of aliphatic hydroxyl groups is 1. The molecule has 1 unspecified atom stereocenters. The van der Waals surface area contributed by atoms with Crippen molar-refractivity contribution >= 4 is 10.0 Å². The largest absolute Gasteiger partial charge is 0.389 e. The van der Waals surface area contributed by atoms with Crippen LogP contribution in [-0.2, 0) is 14.8 Å². The van der Waals surface area contributed by atoms with E-state index >= 15 is 0 Å². The summed E-state index contributed by atoms with van der Waals surface area (Å²) in [6.07, 6.45) is -0.932. The molecule has 0 aliphatic heterocycles. The lowest BCUT2D eigenvalue weighted by atomic mass is 10.2. The lowest BCUT2D eigenvalue weighted by Gasteiger charge is -2.21. The molecule has 1 N–H and O–H groups in total. The van der Waals surface area contributed by atoms with Gasteiger partial charge in [-0.15, -0.1) is 0 Å². The molecule has 1 aromatic rings. The van der Waals surface area contributed by atoms with Crippen molar-refractivity contribution in [3.05, 3.63) is 29.6 Å². The van der Waals surface area contributed by atoms with Gasteiger partial charge in [0.2, 0.25) is 10.0 Å². The maximum absolute atomic E-state index is 13.2. The highest BCUT2D eigenvalue weighted by atomic mass is 32.2. The zero-order valence-corrected chi connectivity index (χ0v) is 11.9. The molecule has 0 spiro atoms. The van der Waals surface area contributed by atoms with Gasteiger partial charge in [0, 0.05) is 20.7 Å². The number of halogens is 1. The fourth-order valence-corrected chi connectivity index (χ4v) is 3.10. The summed E-state index contributed by atoms with van der Waals surface area (Å²) in [6.45, 7) is 1.50. The smallest absolute Gasteiger partial charge is 0.243 e. The number of hydrogen-bond acceptors (Lipinski definition) is 4. The number of methoxy groups -OCH3 is 1. The van der Waals surface area contributed by atoms with Gasteiger partial charge in [-0.05, 0) is 24.6 Å². The molecular formula is C12H18FNO4S. The van der Waals surface area contributed by atoms with E-state index in [9.17, 15) is 17.9 Å². The number of nitrogens with zero attached hydrogens (tertiary/aromatic N) is 1. The number of ether oxygens (including phenoxy) is 1. The van der Waals surface area contributed by atoms with Crippen molar-refractivity contribution in [2.45, 2.75) is 17.9 Å². The van der Waals surface area contributed by atoms with Crippen LogP contribution in [0, 0.1) is 12.7 Å². The van der Waals surface area contributed by atoms with Crippen molar-refractivity contribution in [1.29, 1.82) is 0 Å². The predicted octanol–water partition coefficient (Wildman–Crippen LogP) is 0.762. The number of hydrogen-bond donors (Lipinski definition) is 1. The standard InChI is InChI=1S/C12H18FNO4S/c1-9-4-5-10(13)6-12(9)19(16,17)14(2)7-11(15)8-18-3/h4-6,11,15H,7-8H2,1-3H3. The van der Waals surface area contributed by atoms with E-state index in [0.29, 0.717) is 5.56 Å². The summed E-state index contributed by atoms with van der Waals surface area (Å²) in [7, 11) is -1.08. The summed E-state index contributed by atoms with van der Waals surface area (Å²) in [5.41, 5.74) is 0.453. The Kier molecular flexibility index (Phi) is 5.42. The van der Waals surface area contributed by atoms with Crippen LogP contribution in [0.25, 0.3) is 0 Å². The Bertz CT molecular complexity index is 533. The first kappa shape index (κ1) is 16.0.